The number of carbonyl (C=O) groups is 1. The van der Waals surface area contributed by atoms with E-state index in [0.29, 0.717) is 33.7 Å². The van der Waals surface area contributed by atoms with Gasteiger partial charge in [-0.3, -0.25) is 19.1 Å². The topological polar surface area (TPSA) is 98.3 Å². The van der Waals surface area contributed by atoms with Gasteiger partial charge in [-0.05, 0) is 38.1 Å². The van der Waals surface area contributed by atoms with Crippen molar-refractivity contribution in [1.29, 1.82) is 0 Å². The van der Waals surface area contributed by atoms with Gasteiger partial charge in [-0.1, -0.05) is 30.3 Å². The van der Waals surface area contributed by atoms with Crippen molar-refractivity contribution in [2.45, 2.75) is 13.8 Å². The number of pyridine rings is 1. The first kappa shape index (κ1) is 21.9. The maximum absolute atomic E-state index is 13.1. The average Bonchev–Trinajstić information content (AvgIpc) is 3.01. The molecular weight excluding hydrogens is 420 g/mol. The third-order valence-corrected chi connectivity index (χ3v) is 5.75. The quantitative estimate of drug-likeness (QED) is 0.364. The molecule has 2 N–H and O–H groups in total. The van der Waals surface area contributed by atoms with E-state index in [1.54, 1.807) is 56.9 Å². The van der Waals surface area contributed by atoms with Gasteiger partial charge >= 0.3 is 0 Å². The van der Waals surface area contributed by atoms with E-state index < -0.39 is 11.3 Å². The summed E-state index contributed by atoms with van der Waals surface area (Å²) in [6.07, 6.45) is 1.21. The molecule has 0 saturated carbocycles. The predicted molar refractivity (Wildman–Crippen MR) is 128 cm³/mol. The minimum absolute atomic E-state index is 0.272. The van der Waals surface area contributed by atoms with Gasteiger partial charge in [0, 0.05) is 31.3 Å². The van der Waals surface area contributed by atoms with Crippen LogP contribution in [-0.4, -0.2) is 24.8 Å². The van der Waals surface area contributed by atoms with Gasteiger partial charge in [0.1, 0.15) is 17.0 Å². The smallest absolute Gasteiger partial charge is 0.295 e. The minimum Gasteiger partial charge on any atom is -0.506 e. The molecule has 0 aliphatic rings. The average molecular weight is 444 g/mol. The Labute approximate surface area is 189 Å². The standard InChI is InChI=1S/C25H24N4O4/c1-15(26-22-16(2)28(4)29(25(22)33)17-10-6-5-7-11-17)14-20(30)21-23(31)18-12-8-9-13-19(18)27(3)24(21)32/h5-14,26,31H,1-4H3. The molecule has 0 atom stereocenters. The normalized spacial score (nSPS) is 11.7. The summed E-state index contributed by atoms with van der Waals surface area (Å²) in [5.74, 6) is -1.01. The van der Waals surface area contributed by atoms with E-state index in [0.717, 1.165) is 0 Å². The third kappa shape index (κ3) is 3.65. The molecule has 2 aromatic heterocycles. The van der Waals surface area contributed by atoms with Crippen LogP contribution in [0.1, 0.15) is 23.0 Å². The van der Waals surface area contributed by atoms with Crippen molar-refractivity contribution in [1.82, 2.24) is 13.9 Å². The molecule has 0 unspecified atom stereocenters. The van der Waals surface area contributed by atoms with Crippen molar-refractivity contribution in [3.05, 3.63) is 98.3 Å². The van der Waals surface area contributed by atoms with E-state index in [9.17, 15) is 19.5 Å². The summed E-state index contributed by atoms with van der Waals surface area (Å²) >= 11 is 0. The molecule has 4 aromatic rings. The van der Waals surface area contributed by atoms with Gasteiger partial charge in [-0.25, -0.2) is 4.68 Å². The molecule has 33 heavy (non-hydrogen) atoms. The van der Waals surface area contributed by atoms with Gasteiger partial charge in [-0.2, -0.15) is 0 Å². The highest BCUT2D eigenvalue weighted by atomic mass is 16.3. The monoisotopic (exact) mass is 444 g/mol. The second-order valence-electron chi connectivity index (χ2n) is 7.86. The number of ketones is 1. The number of fused-ring (bicyclic) bond motifs is 1. The lowest BCUT2D eigenvalue weighted by molar-refractivity contribution is 0.104. The number of rotatable bonds is 5. The summed E-state index contributed by atoms with van der Waals surface area (Å²) in [5.41, 5.74) is 1.41. The van der Waals surface area contributed by atoms with E-state index in [1.807, 2.05) is 30.3 Å². The van der Waals surface area contributed by atoms with Crippen molar-refractivity contribution in [3.8, 4) is 11.4 Å². The maximum Gasteiger partial charge on any atom is 0.295 e. The molecule has 8 nitrogen and oxygen atoms in total. The number of carbonyl (C=O) groups excluding carboxylic acids is 1. The van der Waals surface area contributed by atoms with Gasteiger partial charge in [-0.15, -0.1) is 0 Å². The zero-order valence-corrected chi connectivity index (χ0v) is 18.8. The SMILES string of the molecule is CC(=CC(=O)c1c(O)c2ccccc2n(C)c1=O)Nc1c(C)n(C)n(-c2ccccc2)c1=O. The Balaban J connectivity index is 1.73. The van der Waals surface area contributed by atoms with Crippen LogP contribution in [-0.2, 0) is 14.1 Å². The van der Waals surface area contributed by atoms with E-state index in [4.69, 9.17) is 0 Å². The molecule has 0 fully saturated rings. The van der Waals surface area contributed by atoms with Crippen LogP contribution in [0.25, 0.3) is 16.6 Å². The van der Waals surface area contributed by atoms with Crippen LogP contribution >= 0.6 is 0 Å². The summed E-state index contributed by atoms with van der Waals surface area (Å²) in [5, 5.41) is 14.0. The van der Waals surface area contributed by atoms with Crippen molar-refractivity contribution in [2.75, 3.05) is 5.32 Å². The fraction of sp³-hybridized carbons (Fsp3) is 0.160. The number of nitrogens with one attached hydrogen (secondary N) is 1. The second-order valence-corrected chi connectivity index (χ2v) is 7.86. The number of para-hydroxylation sites is 2. The van der Waals surface area contributed by atoms with E-state index >= 15 is 0 Å². The van der Waals surface area contributed by atoms with Crippen LogP contribution in [0.15, 0.2) is 76.0 Å². The zero-order valence-electron chi connectivity index (χ0n) is 18.8. The predicted octanol–water partition coefficient (Wildman–Crippen LogP) is 3.24. The zero-order chi connectivity index (χ0) is 23.9. The molecule has 0 saturated heterocycles. The number of allylic oxidation sites excluding steroid dienone is 2. The van der Waals surface area contributed by atoms with Crippen molar-refractivity contribution in [3.63, 3.8) is 0 Å². The van der Waals surface area contributed by atoms with Gasteiger partial charge in [0.25, 0.3) is 11.1 Å². The van der Waals surface area contributed by atoms with Crippen LogP contribution in [0.5, 0.6) is 5.75 Å². The lowest BCUT2D eigenvalue weighted by Gasteiger charge is -2.10. The van der Waals surface area contributed by atoms with Crippen molar-refractivity contribution >= 4 is 22.4 Å². The Kier molecular flexibility index (Phi) is 5.51. The van der Waals surface area contributed by atoms with E-state index in [1.165, 1.54) is 15.3 Å². The Morgan fingerprint density at radius 2 is 1.61 bits per heavy atom. The van der Waals surface area contributed by atoms with Gasteiger partial charge in [0.2, 0.25) is 0 Å². The number of aromatic nitrogens is 3. The summed E-state index contributed by atoms with van der Waals surface area (Å²) in [6, 6.07) is 16.0. The highest BCUT2D eigenvalue weighted by molar-refractivity contribution is 6.09. The number of hydrogen-bond donors (Lipinski definition) is 2. The number of benzene rings is 2. The lowest BCUT2D eigenvalue weighted by atomic mass is 10.1. The Hall–Kier alpha value is -4.33. The molecule has 0 bridgehead atoms. The molecule has 0 aliphatic heterocycles. The first-order valence-corrected chi connectivity index (χ1v) is 10.4. The van der Waals surface area contributed by atoms with Crippen LogP contribution in [0, 0.1) is 6.92 Å². The number of nitrogens with zero attached hydrogens (tertiary/aromatic N) is 3. The molecule has 0 radical (unpaired) electrons. The Morgan fingerprint density at radius 1 is 0.970 bits per heavy atom. The first-order chi connectivity index (χ1) is 15.7. The fourth-order valence-electron chi connectivity index (χ4n) is 3.92. The molecule has 0 spiro atoms. The summed E-state index contributed by atoms with van der Waals surface area (Å²) in [4.78, 5) is 38.8. The second kappa shape index (κ2) is 8.31. The molecule has 0 aliphatic carbocycles. The number of hydrogen-bond acceptors (Lipinski definition) is 5. The highest BCUT2D eigenvalue weighted by Gasteiger charge is 2.21. The van der Waals surface area contributed by atoms with Crippen LogP contribution in [0.4, 0.5) is 5.69 Å². The van der Waals surface area contributed by atoms with E-state index in [2.05, 4.69) is 5.32 Å². The van der Waals surface area contributed by atoms with E-state index in [-0.39, 0.29) is 16.9 Å². The fourth-order valence-corrected chi connectivity index (χ4v) is 3.92. The molecule has 8 heteroatoms. The number of aryl methyl sites for hydroxylation is 1. The molecule has 4 rings (SSSR count). The van der Waals surface area contributed by atoms with Gasteiger partial charge in [0.15, 0.2) is 5.78 Å². The molecule has 2 heterocycles. The summed E-state index contributed by atoms with van der Waals surface area (Å²) < 4.78 is 4.58. The number of anilines is 1. The highest BCUT2D eigenvalue weighted by Crippen LogP contribution is 2.26. The molecule has 168 valence electrons. The molecule has 0 amide bonds. The third-order valence-electron chi connectivity index (χ3n) is 5.75. The van der Waals surface area contributed by atoms with Crippen LogP contribution in [0.3, 0.4) is 0 Å². The first-order valence-electron chi connectivity index (χ1n) is 10.4. The minimum atomic E-state index is -0.652. The molecular formula is C25H24N4O4. The van der Waals surface area contributed by atoms with Crippen LogP contribution in [0.2, 0.25) is 0 Å². The van der Waals surface area contributed by atoms with Crippen molar-refractivity contribution < 1.29 is 9.90 Å². The van der Waals surface area contributed by atoms with Gasteiger partial charge < -0.3 is 15.0 Å². The maximum atomic E-state index is 13.1. The summed E-state index contributed by atoms with van der Waals surface area (Å²) in [6.45, 7) is 3.42. The van der Waals surface area contributed by atoms with Crippen molar-refractivity contribution in [2.24, 2.45) is 14.1 Å². The molecule has 2 aromatic carbocycles. The number of aromatic hydroxyl groups is 1. The Bertz CT molecular complexity index is 1540. The van der Waals surface area contributed by atoms with Crippen LogP contribution < -0.4 is 16.4 Å². The lowest BCUT2D eigenvalue weighted by Crippen LogP contribution is -2.24. The largest absolute Gasteiger partial charge is 0.506 e. The van der Waals surface area contributed by atoms with Gasteiger partial charge in [0.05, 0.1) is 16.9 Å². The Morgan fingerprint density at radius 3 is 2.30 bits per heavy atom. The summed E-state index contributed by atoms with van der Waals surface area (Å²) in [7, 11) is 3.32.